The van der Waals surface area contributed by atoms with Gasteiger partial charge >= 0.3 is 29.6 Å². The van der Waals surface area contributed by atoms with E-state index in [9.17, 15) is 19.5 Å². The minimum Gasteiger partial charge on any atom is -0.550 e. The average Bonchev–Trinajstić information content (AvgIpc) is 3.13. The molecule has 1 heterocycles. The van der Waals surface area contributed by atoms with Crippen molar-refractivity contribution < 1.29 is 49.0 Å². The number of amides is 2. The number of carboxylic acids is 1. The van der Waals surface area contributed by atoms with Gasteiger partial charge in [0, 0.05) is 38.4 Å². The van der Waals surface area contributed by atoms with Crippen molar-refractivity contribution in [2.24, 2.45) is 29.6 Å². The molecule has 1 N–H and O–H groups in total. The first-order chi connectivity index (χ1) is 11.0. The number of piperidine rings is 1. The number of hydrogen-bond acceptors (Lipinski definition) is 4. The molecular formula is C17H23N2NaO4. The van der Waals surface area contributed by atoms with Crippen molar-refractivity contribution in [3.8, 4) is 0 Å². The maximum absolute atomic E-state index is 12.5. The molecule has 0 aromatic rings. The maximum Gasteiger partial charge on any atom is 1.00 e. The molecule has 1 aliphatic heterocycles. The molecule has 0 unspecified atom stereocenters. The molecule has 0 spiro atoms. The van der Waals surface area contributed by atoms with Gasteiger partial charge in [-0.15, -0.1) is 0 Å². The summed E-state index contributed by atoms with van der Waals surface area (Å²) in [6, 6.07) is 0. The molecule has 0 radical (unpaired) electrons. The summed E-state index contributed by atoms with van der Waals surface area (Å²) in [6.07, 6.45) is 6.38. The van der Waals surface area contributed by atoms with E-state index in [2.05, 4.69) is 5.32 Å². The quantitative estimate of drug-likeness (QED) is 0.425. The Morgan fingerprint density at radius 1 is 1.12 bits per heavy atom. The second-order valence-corrected chi connectivity index (χ2v) is 7.01. The molecule has 1 saturated heterocycles. The zero-order valence-corrected chi connectivity index (χ0v) is 16.4. The Morgan fingerprint density at radius 3 is 2.25 bits per heavy atom. The summed E-state index contributed by atoms with van der Waals surface area (Å²) in [7, 11) is 0. The Labute approximate surface area is 164 Å². The third kappa shape index (κ3) is 3.86. The first-order valence-corrected chi connectivity index (χ1v) is 8.39. The van der Waals surface area contributed by atoms with Gasteiger partial charge in [0.2, 0.25) is 11.8 Å². The largest absolute Gasteiger partial charge is 1.00 e. The Morgan fingerprint density at radius 2 is 1.71 bits per heavy atom. The molecule has 7 heteroatoms. The molecule has 0 aromatic heterocycles. The number of nitrogens with zero attached hydrogens (tertiary/aromatic N) is 1. The van der Waals surface area contributed by atoms with Crippen LogP contribution in [0, 0.1) is 29.6 Å². The fraction of sp³-hybridized carbons (Fsp3) is 0.706. The summed E-state index contributed by atoms with van der Waals surface area (Å²) in [4.78, 5) is 36.9. The van der Waals surface area contributed by atoms with Crippen LogP contribution < -0.4 is 40.0 Å². The molecule has 2 aliphatic carbocycles. The molecule has 1 saturated carbocycles. The minimum absolute atomic E-state index is 0. The molecule has 2 fully saturated rings. The fourth-order valence-corrected chi connectivity index (χ4v) is 4.32. The molecule has 6 nitrogen and oxygen atoms in total. The van der Waals surface area contributed by atoms with Crippen LogP contribution in [0.2, 0.25) is 0 Å². The van der Waals surface area contributed by atoms with E-state index >= 15 is 0 Å². The van der Waals surface area contributed by atoms with Gasteiger partial charge in [0.1, 0.15) is 0 Å². The first kappa shape index (κ1) is 19.5. The van der Waals surface area contributed by atoms with Gasteiger partial charge in [-0.2, -0.15) is 0 Å². The Balaban J connectivity index is 0.00000208. The van der Waals surface area contributed by atoms with Gasteiger partial charge in [-0.1, -0.05) is 12.2 Å². The number of carbonyl (C=O) groups excluding carboxylic acids is 3. The maximum atomic E-state index is 12.5. The van der Waals surface area contributed by atoms with E-state index in [0.29, 0.717) is 12.5 Å². The second-order valence-electron chi connectivity index (χ2n) is 7.01. The van der Waals surface area contributed by atoms with E-state index in [1.807, 2.05) is 17.1 Å². The van der Waals surface area contributed by atoms with Crippen molar-refractivity contribution in [2.75, 3.05) is 19.6 Å². The predicted octanol–water partition coefficient (Wildman–Crippen LogP) is -3.45. The van der Waals surface area contributed by atoms with Crippen molar-refractivity contribution >= 4 is 17.8 Å². The van der Waals surface area contributed by atoms with Gasteiger partial charge in [-0.3, -0.25) is 9.59 Å². The van der Waals surface area contributed by atoms with Gasteiger partial charge in [0.15, 0.2) is 0 Å². The zero-order chi connectivity index (χ0) is 16.6. The van der Waals surface area contributed by atoms with Crippen LogP contribution in [0.1, 0.15) is 26.2 Å². The molecule has 2 bridgehead atoms. The van der Waals surface area contributed by atoms with E-state index in [1.165, 1.54) is 0 Å². The van der Waals surface area contributed by atoms with Crippen LogP contribution in [0.15, 0.2) is 12.2 Å². The van der Waals surface area contributed by atoms with E-state index in [0.717, 1.165) is 32.4 Å². The van der Waals surface area contributed by atoms with Gasteiger partial charge in [0.05, 0.1) is 5.92 Å². The van der Waals surface area contributed by atoms with E-state index < -0.39 is 17.8 Å². The van der Waals surface area contributed by atoms with Gasteiger partial charge in [0.25, 0.3) is 0 Å². The van der Waals surface area contributed by atoms with Gasteiger partial charge < -0.3 is 20.1 Å². The van der Waals surface area contributed by atoms with Gasteiger partial charge in [-0.25, -0.2) is 0 Å². The second kappa shape index (κ2) is 8.02. The summed E-state index contributed by atoms with van der Waals surface area (Å²) >= 11 is 0. The monoisotopic (exact) mass is 342 g/mol. The Bertz CT molecular complexity index is 543. The number of fused-ring (bicyclic) bond motifs is 2. The molecule has 24 heavy (non-hydrogen) atoms. The summed E-state index contributed by atoms with van der Waals surface area (Å²) in [5.41, 5.74) is 0. The van der Waals surface area contributed by atoms with E-state index in [4.69, 9.17) is 0 Å². The fourth-order valence-electron chi connectivity index (χ4n) is 4.32. The smallest absolute Gasteiger partial charge is 0.550 e. The minimum atomic E-state index is -1.11. The molecule has 126 valence electrons. The third-order valence-corrected chi connectivity index (χ3v) is 5.66. The van der Waals surface area contributed by atoms with Crippen LogP contribution in [0.4, 0.5) is 0 Å². The van der Waals surface area contributed by atoms with Crippen molar-refractivity contribution in [1.29, 1.82) is 0 Å². The number of rotatable bonds is 4. The zero-order valence-electron chi connectivity index (χ0n) is 14.4. The van der Waals surface area contributed by atoms with Crippen molar-refractivity contribution in [1.82, 2.24) is 10.2 Å². The first-order valence-electron chi connectivity index (χ1n) is 8.39. The van der Waals surface area contributed by atoms with E-state index in [1.54, 1.807) is 6.92 Å². The number of carboxylic acid groups (broad SMARTS) is 1. The molecule has 3 rings (SSSR count). The summed E-state index contributed by atoms with van der Waals surface area (Å²) < 4.78 is 0. The third-order valence-electron chi connectivity index (χ3n) is 5.66. The molecule has 2 amide bonds. The van der Waals surface area contributed by atoms with Gasteiger partial charge in [-0.05, 0) is 37.0 Å². The molecule has 3 aliphatic rings. The van der Waals surface area contributed by atoms with Crippen molar-refractivity contribution in [3.63, 3.8) is 0 Å². The molecular weight excluding hydrogens is 319 g/mol. The predicted molar refractivity (Wildman–Crippen MR) is 80.7 cm³/mol. The number of likely N-dealkylation sites (tertiary alicyclic amines) is 1. The Kier molecular flexibility index (Phi) is 6.51. The normalized spacial score (nSPS) is 31.6. The van der Waals surface area contributed by atoms with Crippen molar-refractivity contribution in [3.05, 3.63) is 12.2 Å². The van der Waals surface area contributed by atoms with Crippen LogP contribution >= 0.6 is 0 Å². The van der Waals surface area contributed by atoms with Crippen LogP contribution in [0.25, 0.3) is 0 Å². The summed E-state index contributed by atoms with van der Waals surface area (Å²) in [6.45, 7) is 3.59. The van der Waals surface area contributed by atoms with Crippen LogP contribution in [-0.2, 0) is 14.4 Å². The van der Waals surface area contributed by atoms with E-state index in [-0.39, 0.29) is 53.2 Å². The number of aliphatic carboxylic acids is 1. The average molecular weight is 342 g/mol. The number of carbonyl (C=O) groups is 3. The SMILES string of the molecule is CC(=O)N1CCC(CNC(=O)[C@H]2[C@@H](C(=O)[O-])[C@H]3C=C[C@@H]2C3)CC1.[Na+]. The van der Waals surface area contributed by atoms with Crippen molar-refractivity contribution in [2.45, 2.75) is 26.2 Å². The van der Waals surface area contributed by atoms with Crippen LogP contribution in [-0.4, -0.2) is 42.3 Å². The summed E-state index contributed by atoms with van der Waals surface area (Å²) in [5, 5.41) is 14.3. The standard InChI is InChI=1S/C17H24N2O4.Na/c1-10(20)19-6-4-11(5-7-19)9-18-16(21)14-12-2-3-13(8-12)15(14)17(22)23;/h2-3,11-15H,4-9H2,1H3,(H,18,21)(H,22,23);/q;+1/p-1/t12-,13+,14-,15+;/m1./s1. The molecule has 4 atom stereocenters. The summed E-state index contributed by atoms with van der Waals surface area (Å²) in [5.74, 6) is -2.04. The Hall–Kier alpha value is -0.850. The number of nitrogens with one attached hydrogen (secondary N) is 1. The van der Waals surface area contributed by atoms with Crippen LogP contribution in [0.3, 0.4) is 0 Å². The van der Waals surface area contributed by atoms with Crippen LogP contribution in [0.5, 0.6) is 0 Å². The number of hydrogen-bond donors (Lipinski definition) is 1. The number of allylic oxidation sites excluding steroid dienone is 2. The topological polar surface area (TPSA) is 89.5 Å². The molecule has 0 aromatic carbocycles.